The van der Waals surface area contributed by atoms with E-state index in [9.17, 15) is 9.90 Å². The van der Waals surface area contributed by atoms with E-state index < -0.39 is 6.04 Å². The van der Waals surface area contributed by atoms with Crippen molar-refractivity contribution in [1.82, 2.24) is 10.3 Å². The van der Waals surface area contributed by atoms with Crippen LogP contribution in [-0.2, 0) is 0 Å². The van der Waals surface area contributed by atoms with Gasteiger partial charge in [-0.2, -0.15) is 0 Å². The van der Waals surface area contributed by atoms with E-state index in [-0.39, 0.29) is 12.5 Å². The molecule has 0 aliphatic heterocycles. The van der Waals surface area contributed by atoms with Gasteiger partial charge >= 0.3 is 0 Å². The van der Waals surface area contributed by atoms with Crippen LogP contribution in [0.2, 0.25) is 0 Å². The summed E-state index contributed by atoms with van der Waals surface area (Å²) >= 11 is 0. The minimum atomic E-state index is -0.544. The Balaban J connectivity index is 2.08. The molecule has 2 N–H and O–H groups in total. The summed E-state index contributed by atoms with van der Waals surface area (Å²) in [5, 5.41) is 11.9. The third kappa shape index (κ3) is 2.70. The number of pyridine rings is 1. The van der Waals surface area contributed by atoms with Crippen LogP contribution < -0.4 is 5.32 Å². The zero-order valence-electron chi connectivity index (χ0n) is 9.04. The first-order valence-corrected chi connectivity index (χ1v) is 5.16. The normalized spacial score (nSPS) is 12.1. The van der Waals surface area contributed by atoms with E-state index in [1.807, 2.05) is 0 Å². The first-order chi connectivity index (χ1) is 8.31. The standard InChI is InChI=1S/C12H12N2O3/c15-8-10(11-4-2-6-17-11)14-12(16)9-3-1-5-13-7-9/h1-7,10,15H,8H2,(H,14,16). The summed E-state index contributed by atoms with van der Waals surface area (Å²) < 4.78 is 5.13. The van der Waals surface area contributed by atoms with E-state index >= 15 is 0 Å². The molecule has 0 spiro atoms. The van der Waals surface area contributed by atoms with Crippen molar-refractivity contribution in [3.05, 3.63) is 54.2 Å². The van der Waals surface area contributed by atoms with Gasteiger partial charge in [0.05, 0.1) is 18.4 Å². The van der Waals surface area contributed by atoms with E-state index in [0.29, 0.717) is 11.3 Å². The molecular weight excluding hydrogens is 220 g/mol. The highest BCUT2D eigenvalue weighted by molar-refractivity contribution is 5.94. The summed E-state index contributed by atoms with van der Waals surface area (Å²) in [4.78, 5) is 15.7. The van der Waals surface area contributed by atoms with Gasteiger partial charge in [-0.05, 0) is 24.3 Å². The number of hydrogen-bond donors (Lipinski definition) is 2. The van der Waals surface area contributed by atoms with Crippen molar-refractivity contribution in [2.45, 2.75) is 6.04 Å². The molecule has 0 aliphatic rings. The number of rotatable bonds is 4. The van der Waals surface area contributed by atoms with Crippen molar-refractivity contribution in [2.75, 3.05) is 6.61 Å². The van der Waals surface area contributed by atoms with Crippen molar-refractivity contribution in [2.24, 2.45) is 0 Å². The van der Waals surface area contributed by atoms with Crippen LogP contribution >= 0.6 is 0 Å². The maximum Gasteiger partial charge on any atom is 0.253 e. The smallest absolute Gasteiger partial charge is 0.253 e. The van der Waals surface area contributed by atoms with Gasteiger partial charge in [0.25, 0.3) is 5.91 Å². The Bertz CT molecular complexity index is 468. The van der Waals surface area contributed by atoms with Gasteiger partial charge in [0.1, 0.15) is 11.8 Å². The van der Waals surface area contributed by atoms with Crippen molar-refractivity contribution >= 4 is 5.91 Å². The van der Waals surface area contributed by atoms with Gasteiger partial charge in [-0.1, -0.05) is 0 Å². The molecule has 5 nitrogen and oxygen atoms in total. The molecule has 2 aromatic heterocycles. The fourth-order valence-corrected chi connectivity index (χ4v) is 1.43. The molecule has 88 valence electrons. The Kier molecular flexibility index (Phi) is 3.52. The van der Waals surface area contributed by atoms with Crippen LogP contribution in [0.25, 0.3) is 0 Å². The van der Waals surface area contributed by atoms with E-state index in [1.54, 1.807) is 30.5 Å². The Morgan fingerprint density at radius 2 is 2.35 bits per heavy atom. The molecule has 0 aromatic carbocycles. The van der Waals surface area contributed by atoms with Gasteiger partial charge < -0.3 is 14.8 Å². The average Bonchev–Trinajstić information content (AvgIpc) is 2.90. The molecule has 1 atom stereocenters. The van der Waals surface area contributed by atoms with Crippen molar-refractivity contribution in [3.63, 3.8) is 0 Å². The van der Waals surface area contributed by atoms with Crippen LogP contribution in [0.15, 0.2) is 47.3 Å². The fraction of sp³-hybridized carbons (Fsp3) is 0.167. The highest BCUT2D eigenvalue weighted by atomic mass is 16.3. The number of nitrogens with one attached hydrogen (secondary N) is 1. The van der Waals surface area contributed by atoms with Crippen molar-refractivity contribution in [1.29, 1.82) is 0 Å². The van der Waals surface area contributed by atoms with Crippen LogP contribution in [0.5, 0.6) is 0 Å². The predicted molar refractivity (Wildman–Crippen MR) is 60.2 cm³/mol. The quantitative estimate of drug-likeness (QED) is 0.828. The number of carbonyl (C=O) groups is 1. The highest BCUT2D eigenvalue weighted by Gasteiger charge is 2.16. The van der Waals surface area contributed by atoms with Crippen LogP contribution in [0.4, 0.5) is 0 Å². The summed E-state index contributed by atoms with van der Waals surface area (Å²) in [5.41, 5.74) is 0.442. The summed E-state index contributed by atoms with van der Waals surface area (Å²) in [6.45, 7) is -0.223. The predicted octanol–water partition coefficient (Wildman–Crippen LogP) is 1.14. The van der Waals surface area contributed by atoms with Crippen LogP contribution in [0.3, 0.4) is 0 Å². The van der Waals surface area contributed by atoms with Crippen LogP contribution in [-0.4, -0.2) is 22.6 Å². The highest BCUT2D eigenvalue weighted by Crippen LogP contribution is 2.13. The molecule has 2 heterocycles. The third-order valence-electron chi connectivity index (χ3n) is 2.30. The largest absolute Gasteiger partial charge is 0.467 e. The monoisotopic (exact) mass is 232 g/mol. The Hall–Kier alpha value is -2.14. The molecule has 1 unspecified atom stereocenters. The number of furan rings is 1. The molecule has 17 heavy (non-hydrogen) atoms. The number of nitrogens with zero attached hydrogens (tertiary/aromatic N) is 1. The van der Waals surface area contributed by atoms with E-state index in [1.165, 1.54) is 12.5 Å². The lowest BCUT2D eigenvalue weighted by atomic mass is 10.2. The van der Waals surface area contributed by atoms with E-state index in [4.69, 9.17) is 4.42 Å². The zero-order valence-corrected chi connectivity index (χ0v) is 9.04. The molecule has 0 bridgehead atoms. The molecule has 0 fully saturated rings. The molecule has 5 heteroatoms. The minimum Gasteiger partial charge on any atom is -0.467 e. The molecular formula is C12H12N2O3. The van der Waals surface area contributed by atoms with Gasteiger partial charge in [0.15, 0.2) is 0 Å². The van der Waals surface area contributed by atoms with Gasteiger partial charge in [-0.3, -0.25) is 9.78 Å². The summed E-state index contributed by atoms with van der Waals surface area (Å²) in [6.07, 6.45) is 4.55. The maximum absolute atomic E-state index is 11.8. The van der Waals surface area contributed by atoms with Gasteiger partial charge in [-0.25, -0.2) is 0 Å². The molecule has 0 saturated heterocycles. The maximum atomic E-state index is 11.8. The zero-order chi connectivity index (χ0) is 12.1. The molecule has 0 radical (unpaired) electrons. The number of carbonyl (C=O) groups excluding carboxylic acids is 1. The third-order valence-corrected chi connectivity index (χ3v) is 2.30. The Morgan fingerprint density at radius 1 is 1.47 bits per heavy atom. The number of aliphatic hydroxyl groups is 1. The summed E-state index contributed by atoms with van der Waals surface area (Å²) in [5.74, 6) is 0.221. The molecule has 2 rings (SSSR count). The van der Waals surface area contributed by atoms with E-state index in [2.05, 4.69) is 10.3 Å². The van der Waals surface area contributed by atoms with Gasteiger partial charge in [0, 0.05) is 12.4 Å². The van der Waals surface area contributed by atoms with Crippen LogP contribution in [0.1, 0.15) is 22.2 Å². The first kappa shape index (κ1) is 11.3. The number of aliphatic hydroxyl groups excluding tert-OH is 1. The second-order valence-electron chi connectivity index (χ2n) is 3.47. The van der Waals surface area contributed by atoms with Gasteiger partial charge in [0.2, 0.25) is 0 Å². The first-order valence-electron chi connectivity index (χ1n) is 5.16. The van der Waals surface area contributed by atoms with Gasteiger partial charge in [-0.15, -0.1) is 0 Å². The minimum absolute atomic E-state index is 0.223. The summed E-state index contributed by atoms with van der Waals surface area (Å²) in [6, 6.07) is 6.19. The Labute approximate surface area is 98.1 Å². The topological polar surface area (TPSA) is 75.4 Å². The number of aromatic nitrogens is 1. The van der Waals surface area contributed by atoms with Crippen molar-refractivity contribution < 1.29 is 14.3 Å². The van der Waals surface area contributed by atoms with Crippen molar-refractivity contribution in [3.8, 4) is 0 Å². The van der Waals surface area contributed by atoms with Crippen LogP contribution in [0, 0.1) is 0 Å². The SMILES string of the molecule is O=C(NC(CO)c1ccco1)c1cccnc1. The lowest BCUT2D eigenvalue weighted by Crippen LogP contribution is -2.30. The van der Waals surface area contributed by atoms with E-state index in [0.717, 1.165) is 0 Å². The second-order valence-corrected chi connectivity index (χ2v) is 3.47. The molecule has 0 saturated carbocycles. The Morgan fingerprint density at radius 3 is 2.94 bits per heavy atom. The number of hydrogen-bond acceptors (Lipinski definition) is 4. The summed E-state index contributed by atoms with van der Waals surface area (Å²) in [7, 11) is 0. The lowest BCUT2D eigenvalue weighted by Gasteiger charge is -2.13. The number of amides is 1. The second kappa shape index (κ2) is 5.27. The lowest BCUT2D eigenvalue weighted by molar-refractivity contribution is 0.0907. The molecule has 0 aliphatic carbocycles. The molecule has 1 amide bonds. The fourth-order valence-electron chi connectivity index (χ4n) is 1.43. The molecule has 2 aromatic rings. The average molecular weight is 232 g/mol.